The first-order chi connectivity index (χ1) is 30.2. The van der Waals surface area contributed by atoms with Crippen molar-refractivity contribution in [2.24, 2.45) is 73.9 Å². The maximum absolute atomic E-state index is 15.6. The number of nitrogens with one attached hydrogen (secondary N) is 1. The van der Waals surface area contributed by atoms with Crippen molar-refractivity contribution in [1.82, 2.24) is 14.9 Å². The summed E-state index contributed by atoms with van der Waals surface area (Å²) >= 11 is 0. The molecule has 7 fully saturated rings. The average Bonchev–Trinajstić information content (AvgIpc) is 4.02. The van der Waals surface area contributed by atoms with Crippen molar-refractivity contribution in [3.05, 3.63) is 54.0 Å². The quantitative estimate of drug-likeness (QED) is 0.145. The summed E-state index contributed by atoms with van der Waals surface area (Å²) in [6.07, 6.45) is 16.8. The zero-order valence-corrected chi connectivity index (χ0v) is 41.2. The van der Waals surface area contributed by atoms with E-state index in [1.54, 1.807) is 0 Å². The maximum atomic E-state index is 15.6. The summed E-state index contributed by atoms with van der Waals surface area (Å²) in [6.45, 7) is 29.1. The number of esters is 2. The number of unbranched alkanes of at least 4 members (excludes halogenated alkanes) is 1. The number of fused-ring (bicyclic) bond motifs is 7. The number of carbonyl (C=O) groups excluding carboxylic acids is 3. The Labute approximate surface area is 385 Å². The molecule has 8 heteroatoms. The number of benzene rings is 1. The summed E-state index contributed by atoms with van der Waals surface area (Å²) in [4.78, 5) is 53.4. The molecule has 64 heavy (non-hydrogen) atoms. The van der Waals surface area contributed by atoms with Crippen LogP contribution in [0, 0.1) is 80.8 Å². The number of allylic oxidation sites excluding steroid dienone is 1. The zero-order chi connectivity index (χ0) is 45.8. The van der Waals surface area contributed by atoms with Crippen molar-refractivity contribution >= 4 is 17.8 Å². The Morgan fingerprint density at radius 1 is 0.828 bits per heavy atom. The minimum absolute atomic E-state index is 0.0172. The lowest BCUT2D eigenvalue weighted by molar-refractivity contribution is -0.251. The number of aryl methyl sites for hydroxylation is 1. The van der Waals surface area contributed by atoms with E-state index in [-0.39, 0.29) is 63.0 Å². The molecule has 6 aliphatic carbocycles. The highest BCUT2D eigenvalue weighted by molar-refractivity contribution is 5.85. The molecular formula is C56H81N3O5. The Kier molecular flexibility index (Phi) is 11.5. The number of hydrogen-bond acceptors (Lipinski definition) is 6. The zero-order valence-electron chi connectivity index (χ0n) is 41.2. The highest BCUT2D eigenvalue weighted by Gasteiger charge is 2.72. The van der Waals surface area contributed by atoms with Gasteiger partial charge in [-0.2, -0.15) is 0 Å². The summed E-state index contributed by atoms with van der Waals surface area (Å²) in [5.41, 5.74) is 4.04. The van der Waals surface area contributed by atoms with Gasteiger partial charge in [-0.1, -0.05) is 104 Å². The van der Waals surface area contributed by atoms with E-state index in [1.165, 1.54) is 30.4 Å². The number of nitrogens with zero attached hydrogens (tertiary/aromatic N) is 2. The lowest BCUT2D eigenvalue weighted by Crippen LogP contribution is -2.67. The van der Waals surface area contributed by atoms with Gasteiger partial charge in [-0.05, 0) is 161 Å². The number of likely N-dealkylation sites (tertiary alicyclic amines) is 1. The van der Waals surface area contributed by atoms with Crippen LogP contribution in [-0.4, -0.2) is 52.0 Å². The van der Waals surface area contributed by atoms with Crippen LogP contribution in [0.2, 0.25) is 0 Å². The second kappa shape index (κ2) is 16.1. The first kappa shape index (κ1) is 45.7. The van der Waals surface area contributed by atoms with Gasteiger partial charge in [0.05, 0.1) is 41.8 Å². The van der Waals surface area contributed by atoms with E-state index in [4.69, 9.17) is 14.5 Å². The summed E-state index contributed by atoms with van der Waals surface area (Å²) in [7, 11) is 0. The van der Waals surface area contributed by atoms with Crippen molar-refractivity contribution in [3.8, 4) is 11.3 Å². The first-order valence-corrected chi connectivity index (χ1v) is 25.7. The summed E-state index contributed by atoms with van der Waals surface area (Å²) < 4.78 is 12.2. The Morgan fingerprint density at radius 2 is 1.56 bits per heavy atom. The molecule has 1 saturated heterocycles. The highest BCUT2D eigenvalue weighted by Crippen LogP contribution is 2.78. The Morgan fingerprint density at radius 3 is 2.27 bits per heavy atom. The largest absolute Gasteiger partial charge is 0.465 e. The molecule has 1 N–H and O–H groups in total. The van der Waals surface area contributed by atoms with Crippen LogP contribution in [0.4, 0.5) is 0 Å². The predicted molar refractivity (Wildman–Crippen MR) is 253 cm³/mol. The minimum Gasteiger partial charge on any atom is -0.465 e. The Hall–Kier alpha value is -3.42. The number of ether oxygens (including phenoxy) is 2. The van der Waals surface area contributed by atoms with Crippen molar-refractivity contribution in [2.75, 3.05) is 13.2 Å². The number of imidazole rings is 1. The van der Waals surface area contributed by atoms with Crippen LogP contribution in [0.5, 0.6) is 0 Å². The number of rotatable bonds is 10. The van der Waals surface area contributed by atoms with E-state index < -0.39 is 5.41 Å². The van der Waals surface area contributed by atoms with Gasteiger partial charge in [-0.3, -0.25) is 14.4 Å². The Bertz CT molecular complexity index is 2140. The topological polar surface area (TPSA) is 102 Å². The number of hydrogen-bond donors (Lipinski definition) is 1. The molecule has 350 valence electrons. The third kappa shape index (κ3) is 6.75. The lowest BCUT2D eigenvalue weighted by Gasteiger charge is -2.73. The minimum atomic E-state index is -0.472. The number of aromatic nitrogens is 2. The van der Waals surface area contributed by atoms with Gasteiger partial charge < -0.3 is 19.4 Å². The molecule has 0 unspecified atom stereocenters. The van der Waals surface area contributed by atoms with Gasteiger partial charge >= 0.3 is 11.9 Å². The molecule has 7 aliphatic rings. The number of carbonyl (C=O) groups is 3. The van der Waals surface area contributed by atoms with Gasteiger partial charge in [0.1, 0.15) is 11.9 Å². The fraction of sp³-hybridized carbons (Fsp3) is 0.750. The summed E-state index contributed by atoms with van der Waals surface area (Å²) in [6, 6.07) is 8.57. The number of amides is 1. The third-order valence-electron chi connectivity index (χ3n) is 21.1. The second-order valence-electron chi connectivity index (χ2n) is 24.5. The molecule has 1 aromatic heterocycles. The van der Waals surface area contributed by atoms with Gasteiger partial charge in [-0.25, -0.2) is 4.98 Å². The van der Waals surface area contributed by atoms with Crippen molar-refractivity contribution in [2.45, 2.75) is 178 Å². The van der Waals surface area contributed by atoms with E-state index in [9.17, 15) is 9.59 Å². The van der Waals surface area contributed by atoms with Crippen LogP contribution in [0.3, 0.4) is 0 Å². The van der Waals surface area contributed by atoms with Gasteiger partial charge in [0.25, 0.3) is 0 Å². The Balaban J connectivity index is 0.929. The molecule has 13 atom stereocenters. The lowest BCUT2D eigenvalue weighted by atomic mass is 9.32. The van der Waals surface area contributed by atoms with Crippen LogP contribution in [0.1, 0.15) is 176 Å². The van der Waals surface area contributed by atoms with Crippen LogP contribution >= 0.6 is 0 Å². The predicted octanol–water partition coefficient (Wildman–Crippen LogP) is 12.6. The van der Waals surface area contributed by atoms with Crippen LogP contribution in [-0.2, 0) is 23.9 Å². The van der Waals surface area contributed by atoms with E-state index in [2.05, 4.69) is 96.1 Å². The van der Waals surface area contributed by atoms with Gasteiger partial charge in [-0.15, -0.1) is 0 Å². The monoisotopic (exact) mass is 876 g/mol. The molecule has 1 aromatic carbocycles. The fourth-order valence-corrected chi connectivity index (χ4v) is 17.0. The third-order valence-corrected chi connectivity index (χ3v) is 21.1. The van der Waals surface area contributed by atoms with Crippen molar-refractivity contribution in [1.29, 1.82) is 0 Å². The van der Waals surface area contributed by atoms with E-state index in [1.807, 2.05) is 20.0 Å². The van der Waals surface area contributed by atoms with Crippen LogP contribution < -0.4 is 0 Å². The molecule has 2 aromatic rings. The second-order valence-corrected chi connectivity index (χ2v) is 24.5. The average molecular weight is 876 g/mol. The van der Waals surface area contributed by atoms with Crippen LogP contribution in [0.15, 0.2) is 42.6 Å². The number of H-pyrrole nitrogens is 1. The molecule has 0 spiro atoms. The smallest absolute Gasteiger partial charge is 0.309 e. The van der Waals surface area contributed by atoms with Gasteiger partial charge in [0.15, 0.2) is 0 Å². The first-order valence-electron chi connectivity index (χ1n) is 25.7. The van der Waals surface area contributed by atoms with Crippen molar-refractivity contribution < 1.29 is 23.9 Å². The van der Waals surface area contributed by atoms with Gasteiger partial charge in [0, 0.05) is 12.0 Å². The standard InChI is InChI=1S/C56H81N3O5/c1-12-13-31-63-48(60)39-32-40(51(39,5)6)49(61)64-45-24-25-53(9)43(52(45,7)8)23-26-55(11)44(53)21-20-38-46-37(34(2)3)22-27-56(46,29-28-54(38,55)10)50(62)59-30-14-15-42(59)47-57-33-41(58-47)36-18-16-35(4)17-19-36/h16-19,33,37-40,42-46H,2,12-15,20-32H2,1,3-11H3,(H,57,58)/t37-,38+,39-,40+,42-,43-,44+,45-,46+,53-,54+,55+,56-/m0/s1. The maximum Gasteiger partial charge on any atom is 0.309 e. The molecule has 1 amide bonds. The summed E-state index contributed by atoms with van der Waals surface area (Å²) in [5.74, 6) is 2.64. The highest BCUT2D eigenvalue weighted by atomic mass is 16.5. The van der Waals surface area contributed by atoms with Crippen LogP contribution in [0.25, 0.3) is 11.3 Å². The molecule has 6 saturated carbocycles. The molecule has 1 aliphatic heterocycles. The SMILES string of the molecule is C=C(C)[C@@H]1CC[C@]2(C(=O)N3CCC[C@H]3c3ncc(-c4ccc(C)cc4)[nH]3)CC[C@]3(C)[C@H](CC[C@@H]4[C@@]5(C)CC[C@H](OC(=O)[C@H]6C[C@@H](C(=O)OCCCC)C6(C)C)C(C)(C)[C@@H]5CC[C@]43C)[C@@H]12. The molecular weight excluding hydrogens is 795 g/mol. The summed E-state index contributed by atoms with van der Waals surface area (Å²) in [5, 5.41) is 0. The van der Waals surface area contributed by atoms with E-state index in [0.29, 0.717) is 48.5 Å². The normalized spacial score (nSPS) is 40.5. The fourth-order valence-electron chi connectivity index (χ4n) is 17.0. The number of aromatic amines is 1. The molecule has 8 nitrogen and oxygen atoms in total. The molecule has 9 rings (SSSR count). The molecule has 0 radical (unpaired) electrons. The van der Waals surface area contributed by atoms with E-state index in [0.717, 1.165) is 94.3 Å². The molecule has 0 bridgehead atoms. The van der Waals surface area contributed by atoms with Gasteiger partial charge in [0.2, 0.25) is 5.91 Å². The van der Waals surface area contributed by atoms with E-state index >= 15 is 4.79 Å². The molecule has 2 heterocycles. The van der Waals surface area contributed by atoms with Crippen molar-refractivity contribution in [3.63, 3.8) is 0 Å².